The molecule has 1 aromatic rings. The van der Waals surface area contributed by atoms with Crippen LogP contribution in [0.3, 0.4) is 0 Å². The lowest BCUT2D eigenvalue weighted by atomic mass is 9.92. The van der Waals surface area contributed by atoms with Crippen molar-refractivity contribution in [1.29, 1.82) is 0 Å². The Morgan fingerprint density at radius 3 is 3.09 bits per heavy atom. The van der Waals surface area contributed by atoms with Crippen LogP contribution in [0.25, 0.3) is 0 Å². The number of carbonyl (C=O) groups is 2. The number of aromatic nitrogens is 1. The lowest BCUT2D eigenvalue weighted by molar-refractivity contribution is -0.128. The number of carbonyl (C=O) groups excluding carboxylic acids is 2. The molecule has 2 fully saturated rings. The van der Waals surface area contributed by atoms with Crippen molar-refractivity contribution < 1.29 is 14.3 Å². The number of pyridine rings is 1. The fourth-order valence-corrected chi connectivity index (χ4v) is 3.36. The molecular weight excluding hydrogens is 294 g/mol. The molecule has 0 saturated carbocycles. The third-order valence-corrected chi connectivity index (χ3v) is 4.62. The molecule has 2 amide bonds. The highest BCUT2D eigenvalue weighted by atomic mass is 16.5. The summed E-state index contributed by atoms with van der Waals surface area (Å²) < 4.78 is 5.71. The van der Waals surface area contributed by atoms with Crippen LogP contribution < -0.4 is 10.6 Å². The number of hydrogen-bond acceptors (Lipinski definition) is 4. The lowest BCUT2D eigenvalue weighted by Gasteiger charge is -2.36. The number of nitrogens with one attached hydrogen (secondary N) is 2. The molecule has 6 nitrogen and oxygen atoms in total. The first kappa shape index (κ1) is 15.9. The maximum atomic E-state index is 12.4. The van der Waals surface area contributed by atoms with Gasteiger partial charge in [-0.15, -0.1) is 0 Å². The van der Waals surface area contributed by atoms with Gasteiger partial charge in [0.2, 0.25) is 11.8 Å². The van der Waals surface area contributed by atoms with E-state index >= 15 is 0 Å². The van der Waals surface area contributed by atoms with Gasteiger partial charge in [0.15, 0.2) is 0 Å². The summed E-state index contributed by atoms with van der Waals surface area (Å²) in [5.41, 5.74) is 1.80. The van der Waals surface area contributed by atoms with Crippen molar-refractivity contribution in [2.24, 2.45) is 0 Å². The van der Waals surface area contributed by atoms with Crippen LogP contribution in [0.15, 0.2) is 18.3 Å². The van der Waals surface area contributed by atoms with Crippen LogP contribution in [0.4, 0.5) is 0 Å². The van der Waals surface area contributed by atoms with E-state index in [0.29, 0.717) is 19.3 Å². The molecule has 0 aliphatic carbocycles. The Balaban J connectivity index is 1.63. The summed E-state index contributed by atoms with van der Waals surface area (Å²) in [7, 11) is 0. The average molecular weight is 317 g/mol. The Hall–Kier alpha value is -1.95. The average Bonchev–Trinajstić information content (AvgIpc) is 3.05. The highest BCUT2D eigenvalue weighted by Gasteiger charge is 2.37. The van der Waals surface area contributed by atoms with E-state index in [1.165, 1.54) is 0 Å². The summed E-state index contributed by atoms with van der Waals surface area (Å²) in [5, 5.41) is 6.08. The fourth-order valence-electron chi connectivity index (χ4n) is 3.36. The molecule has 0 aromatic carbocycles. The van der Waals surface area contributed by atoms with Crippen molar-refractivity contribution >= 4 is 11.8 Å². The summed E-state index contributed by atoms with van der Waals surface area (Å²) >= 11 is 0. The number of aryl methyl sites for hydroxylation is 1. The standard InChI is InChI=1S/C17H23N3O3/c1-11-12(4-2-8-18-11)10-16(22)19-13-6-7-15(21)20-17(13)14-5-3-9-23-14/h2,4,8,13-14,17H,3,5-7,9-10H2,1H3,(H,19,22)(H,20,21)/t13-,14?,17-/m0/s1. The molecule has 1 aromatic heterocycles. The van der Waals surface area contributed by atoms with Crippen LogP contribution in [0.5, 0.6) is 0 Å². The largest absolute Gasteiger partial charge is 0.376 e. The Labute approximate surface area is 136 Å². The monoisotopic (exact) mass is 317 g/mol. The third-order valence-electron chi connectivity index (χ3n) is 4.62. The minimum absolute atomic E-state index is 0.00433. The fraction of sp³-hybridized carbons (Fsp3) is 0.588. The van der Waals surface area contributed by atoms with Crippen LogP contribution >= 0.6 is 0 Å². The van der Waals surface area contributed by atoms with Gasteiger partial charge in [-0.1, -0.05) is 6.07 Å². The molecule has 6 heteroatoms. The quantitative estimate of drug-likeness (QED) is 0.864. The van der Waals surface area contributed by atoms with Crippen LogP contribution in [-0.2, 0) is 20.7 Å². The van der Waals surface area contributed by atoms with Crippen molar-refractivity contribution in [3.05, 3.63) is 29.6 Å². The normalized spacial score (nSPS) is 27.5. The summed E-state index contributed by atoms with van der Waals surface area (Å²) in [4.78, 5) is 28.3. The van der Waals surface area contributed by atoms with E-state index in [4.69, 9.17) is 4.74 Å². The number of piperidine rings is 1. The van der Waals surface area contributed by atoms with Gasteiger partial charge in [0.25, 0.3) is 0 Å². The van der Waals surface area contributed by atoms with Gasteiger partial charge in [-0.25, -0.2) is 0 Å². The zero-order valence-electron chi connectivity index (χ0n) is 13.4. The van der Waals surface area contributed by atoms with Gasteiger partial charge in [-0.2, -0.15) is 0 Å². The van der Waals surface area contributed by atoms with Gasteiger partial charge < -0.3 is 15.4 Å². The first-order valence-electron chi connectivity index (χ1n) is 8.24. The second kappa shape index (κ2) is 7.08. The Bertz CT molecular complexity index is 584. The first-order valence-corrected chi connectivity index (χ1v) is 8.24. The molecule has 0 radical (unpaired) electrons. The Morgan fingerprint density at radius 1 is 1.48 bits per heavy atom. The van der Waals surface area contributed by atoms with Gasteiger partial charge in [0.05, 0.1) is 24.6 Å². The molecule has 2 aliphatic rings. The third kappa shape index (κ3) is 3.88. The van der Waals surface area contributed by atoms with Crippen molar-refractivity contribution in [3.63, 3.8) is 0 Å². The van der Waals surface area contributed by atoms with Gasteiger partial charge >= 0.3 is 0 Å². The molecule has 2 aliphatic heterocycles. The van der Waals surface area contributed by atoms with E-state index in [0.717, 1.165) is 30.7 Å². The molecule has 23 heavy (non-hydrogen) atoms. The van der Waals surface area contributed by atoms with Crippen molar-refractivity contribution in [2.75, 3.05) is 6.61 Å². The zero-order valence-corrected chi connectivity index (χ0v) is 13.4. The minimum atomic E-state index is -0.127. The van der Waals surface area contributed by atoms with E-state index in [2.05, 4.69) is 15.6 Å². The maximum Gasteiger partial charge on any atom is 0.224 e. The van der Waals surface area contributed by atoms with E-state index < -0.39 is 0 Å². The first-order chi connectivity index (χ1) is 11.1. The predicted octanol–water partition coefficient (Wildman–Crippen LogP) is 0.875. The van der Waals surface area contributed by atoms with Crippen LogP contribution in [0.1, 0.15) is 36.9 Å². The molecule has 0 spiro atoms. The van der Waals surface area contributed by atoms with E-state index in [-0.39, 0.29) is 30.0 Å². The Kier molecular flexibility index (Phi) is 4.91. The van der Waals surface area contributed by atoms with Gasteiger partial charge in [-0.05, 0) is 37.8 Å². The Morgan fingerprint density at radius 2 is 2.35 bits per heavy atom. The summed E-state index contributed by atoms with van der Waals surface area (Å²) in [5.74, 6) is 0.00403. The molecule has 3 rings (SSSR count). The molecule has 2 saturated heterocycles. The second-order valence-electron chi connectivity index (χ2n) is 6.28. The highest BCUT2D eigenvalue weighted by Crippen LogP contribution is 2.22. The summed E-state index contributed by atoms with van der Waals surface area (Å²) in [6, 6.07) is 3.56. The molecule has 1 unspecified atom stereocenters. The van der Waals surface area contributed by atoms with Crippen LogP contribution in [0, 0.1) is 6.92 Å². The highest BCUT2D eigenvalue weighted by molar-refractivity contribution is 5.81. The van der Waals surface area contributed by atoms with Gasteiger partial charge in [0, 0.05) is 24.9 Å². The predicted molar refractivity (Wildman–Crippen MR) is 84.7 cm³/mol. The van der Waals surface area contributed by atoms with E-state index in [1.807, 2.05) is 19.1 Å². The van der Waals surface area contributed by atoms with E-state index in [1.54, 1.807) is 6.20 Å². The molecule has 0 bridgehead atoms. The second-order valence-corrected chi connectivity index (χ2v) is 6.28. The van der Waals surface area contributed by atoms with Crippen LogP contribution in [-0.4, -0.2) is 41.6 Å². The topological polar surface area (TPSA) is 80.3 Å². The lowest BCUT2D eigenvalue weighted by Crippen LogP contribution is -2.60. The SMILES string of the molecule is Cc1ncccc1CC(=O)N[C@H]1CCC(=O)N[C@@H]1C1CCCO1. The smallest absolute Gasteiger partial charge is 0.224 e. The summed E-state index contributed by atoms with van der Waals surface area (Å²) in [6.45, 7) is 2.63. The zero-order chi connectivity index (χ0) is 16.2. The van der Waals surface area contributed by atoms with Crippen molar-refractivity contribution in [2.45, 2.75) is 57.2 Å². The van der Waals surface area contributed by atoms with E-state index in [9.17, 15) is 9.59 Å². The number of amides is 2. The number of ether oxygens (including phenoxy) is 1. The number of nitrogens with zero attached hydrogens (tertiary/aromatic N) is 1. The van der Waals surface area contributed by atoms with Gasteiger partial charge in [-0.3, -0.25) is 14.6 Å². The molecule has 3 heterocycles. The van der Waals surface area contributed by atoms with Gasteiger partial charge in [0.1, 0.15) is 0 Å². The van der Waals surface area contributed by atoms with Crippen molar-refractivity contribution in [3.8, 4) is 0 Å². The maximum absolute atomic E-state index is 12.4. The van der Waals surface area contributed by atoms with Crippen LogP contribution in [0.2, 0.25) is 0 Å². The molecular formula is C17H23N3O3. The molecule has 2 N–H and O–H groups in total. The molecule has 3 atom stereocenters. The van der Waals surface area contributed by atoms with Crippen molar-refractivity contribution in [1.82, 2.24) is 15.6 Å². The summed E-state index contributed by atoms with van der Waals surface area (Å²) in [6.07, 6.45) is 5.08. The minimum Gasteiger partial charge on any atom is -0.376 e. The number of hydrogen-bond donors (Lipinski definition) is 2. The number of rotatable bonds is 4. The molecule has 124 valence electrons.